The summed E-state index contributed by atoms with van der Waals surface area (Å²) in [5.41, 5.74) is 3.89. The van der Waals surface area contributed by atoms with Crippen LogP contribution in [-0.2, 0) is 7.05 Å². The van der Waals surface area contributed by atoms with Crippen LogP contribution in [0, 0.1) is 13.8 Å². The molecule has 2 aromatic carbocycles. The summed E-state index contributed by atoms with van der Waals surface area (Å²) in [7, 11) is 1.92. The average Bonchev–Trinajstić information content (AvgIpc) is 2.79. The number of halogens is 2. The highest BCUT2D eigenvalue weighted by Gasteiger charge is 2.11. The highest BCUT2D eigenvalue weighted by Crippen LogP contribution is 2.23. The Kier molecular flexibility index (Phi) is 4.32. The van der Waals surface area contributed by atoms with Crippen LogP contribution in [0.5, 0.6) is 0 Å². The van der Waals surface area contributed by atoms with Gasteiger partial charge >= 0.3 is 0 Å². The molecule has 0 radical (unpaired) electrons. The number of carbonyl (C=O) groups is 1. The lowest BCUT2D eigenvalue weighted by molar-refractivity contribution is 0.0998. The molecular formula is C17H14Cl2N2OS. The highest BCUT2D eigenvalue weighted by molar-refractivity contribution is 7.16. The second-order valence-corrected chi connectivity index (χ2v) is 7.25. The van der Waals surface area contributed by atoms with Gasteiger partial charge in [-0.1, -0.05) is 40.6 Å². The quantitative estimate of drug-likeness (QED) is 0.604. The fraction of sp³-hybridized carbons (Fsp3) is 0.176. The molecule has 0 spiro atoms. The molecule has 1 heterocycles. The molecule has 3 aromatic rings. The van der Waals surface area contributed by atoms with E-state index < -0.39 is 0 Å². The van der Waals surface area contributed by atoms with Gasteiger partial charge < -0.3 is 4.57 Å². The van der Waals surface area contributed by atoms with Gasteiger partial charge in [-0.25, -0.2) is 0 Å². The lowest BCUT2D eigenvalue weighted by atomic mass is 10.1. The second kappa shape index (κ2) is 6.11. The first-order valence-corrected chi connectivity index (χ1v) is 8.55. The van der Waals surface area contributed by atoms with Gasteiger partial charge in [0.15, 0.2) is 4.80 Å². The van der Waals surface area contributed by atoms with E-state index in [4.69, 9.17) is 23.2 Å². The van der Waals surface area contributed by atoms with Crippen molar-refractivity contribution in [3.05, 3.63) is 61.9 Å². The van der Waals surface area contributed by atoms with E-state index in [1.165, 1.54) is 22.5 Å². The van der Waals surface area contributed by atoms with Crippen molar-refractivity contribution < 1.29 is 4.79 Å². The number of benzene rings is 2. The molecule has 0 unspecified atom stereocenters. The third-order valence-electron chi connectivity index (χ3n) is 3.80. The van der Waals surface area contributed by atoms with Crippen molar-refractivity contribution in [2.45, 2.75) is 13.8 Å². The van der Waals surface area contributed by atoms with Crippen LogP contribution >= 0.6 is 34.5 Å². The number of amides is 1. The van der Waals surface area contributed by atoms with Crippen molar-refractivity contribution in [2.75, 3.05) is 0 Å². The van der Waals surface area contributed by atoms with E-state index in [0.29, 0.717) is 20.4 Å². The molecule has 3 rings (SSSR count). The zero-order chi connectivity index (χ0) is 16.7. The summed E-state index contributed by atoms with van der Waals surface area (Å²) in [5.74, 6) is -0.356. The second-order valence-electron chi connectivity index (χ2n) is 5.37. The molecule has 1 amide bonds. The van der Waals surface area contributed by atoms with Crippen LogP contribution in [0.25, 0.3) is 10.2 Å². The van der Waals surface area contributed by atoms with E-state index in [-0.39, 0.29) is 5.91 Å². The molecule has 0 aliphatic rings. The third-order valence-corrected chi connectivity index (χ3v) is 5.33. The maximum Gasteiger partial charge on any atom is 0.279 e. The largest absolute Gasteiger partial charge is 0.319 e. The summed E-state index contributed by atoms with van der Waals surface area (Å²) >= 11 is 13.4. The van der Waals surface area contributed by atoms with E-state index in [2.05, 4.69) is 31.0 Å². The van der Waals surface area contributed by atoms with E-state index in [1.54, 1.807) is 18.2 Å². The molecule has 118 valence electrons. The Labute approximate surface area is 147 Å². The Bertz CT molecular complexity index is 981. The number of aryl methyl sites for hydroxylation is 3. The van der Waals surface area contributed by atoms with E-state index in [9.17, 15) is 4.79 Å². The van der Waals surface area contributed by atoms with Crippen molar-refractivity contribution >= 4 is 50.7 Å². The Balaban J connectivity index is 2.16. The summed E-state index contributed by atoms with van der Waals surface area (Å²) in [6, 6.07) is 8.87. The standard InChI is InChI=1S/C17H14Cl2N2OS/c1-9-4-5-14-15(10(9)2)21(3)17(23-14)20-16(22)11-6-12(18)8-13(19)7-11/h4-8H,1-3H3. The number of aromatic nitrogens is 1. The molecule has 0 N–H and O–H groups in total. The summed E-state index contributed by atoms with van der Waals surface area (Å²) in [6.45, 7) is 4.15. The molecule has 0 atom stereocenters. The molecule has 3 nitrogen and oxygen atoms in total. The van der Waals surface area contributed by atoms with Crippen LogP contribution in [0.1, 0.15) is 21.5 Å². The Morgan fingerprint density at radius 3 is 2.43 bits per heavy atom. The molecule has 1 aromatic heterocycles. The maximum absolute atomic E-state index is 12.4. The van der Waals surface area contributed by atoms with Gasteiger partial charge in [0, 0.05) is 22.7 Å². The Morgan fingerprint density at radius 1 is 1.13 bits per heavy atom. The fourth-order valence-electron chi connectivity index (χ4n) is 2.46. The Morgan fingerprint density at radius 2 is 1.78 bits per heavy atom. The molecule has 0 fully saturated rings. The summed E-state index contributed by atoms with van der Waals surface area (Å²) in [4.78, 5) is 17.3. The van der Waals surface area contributed by atoms with Gasteiger partial charge in [-0.15, -0.1) is 0 Å². The topological polar surface area (TPSA) is 34.4 Å². The van der Waals surface area contributed by atoms with Gasteiger partial charge in [0.1, 0.15) is 0 Å². The van der Waals surface area contributed by atoms with Gasteiger partial charge in [0.2, 0.25) is 0 Å². The summed E-state index contributed by atoms with van der Waals surface area (Å²) < 4.78 is 3.05. The molecule has 0 aliphatic heterocycles. The van der Waals surface area contributed by atoms with Crippen LogP contribution in [0.2, 0.25) is 10.0 Å². The number of thiazole rings is 1. The molecule has 0 saturated carbocycles. The van der Waals surface area contributed by atoms with Gasteiger partial charge in [-0.3, -0.25) is 4.79 Å². The zero-order valence-corrected chi connectivity index (χ0v) is 15.2. The van der Waals surface area contributed by atoms with Gasteiger partial charge in [-0.05, 0) is 49.2 Å². The normalized spacial score (nSPS) is 12.1. The molecule has 6 heteroatoms. The van der Waals surface area contributed by atoms with Crippen LogP contribution in [0.15, 0.2) is 35.3 Å². The first-order chi connectivity index (χ1) is 10.9. The minimum Gasteiger partial charge on any atom is -0.319 e. The minimum absolute atomic E-state index is 0.356. The van der Waals surface area contributed by atoms with Gasteiger partial charge in [-0.2, -0.15) is 4.99 Å². The summed E-state index contributed by atoms with van der Waals surface area (Å²) in [5, 5.41) is 0.839. The fourth-order valence-corrected chi connectivity index (χ4v) is 4.07. The molecule has 0 aliphatic carbocycles. The lowest BCUT2D eigenvalue weighted by Gasteiger charge is -2.03. The first kappa shape index (κ1) is 16.2. The number of nitrogens with zero attached hydrogens (tertiary/aromatic N) is 2. The minimum atomic E-state index is -0.356. The van der Waals surface area contributed by atoms with Crippen molar-refractivity contribution in [3.8, 4) is 0 Å². The number of fused-ring (bicyclic) bond motifs is 1. The summed E-state index contributed by atoms with van der Waals surface area (Å²) in [6.07, 6.45) is 0. The smallest absolute Gasteiger partial charge is 0.279 e. The van der Waals surface area contributed by atoms with Crippen LogP contribution < -0.4 is 4.80 Å². The van der Waals surface area contributed by atoms with E-state index in [0.717, 1.165) is 10.2 Å². The van der Waals surface area contributed by atoms with Crippen LogP contribution in [-0.4, -0.2) is 10.5 Å². The number of hydrogen-bond acceptors (Lipinski definition) is 2. The Hall–Kier alpha value is -1.62. The lowest BCUT2D eigenvalue weighted by Crippen LogP contribution is -2.13. The van der Waals surface area contributed by atoms with Crippen molar-refractivity contribution in [1.82, 2.24) is 4.57 Å². The maximum atomic E-state index is 12.4. The third kappa shape index (κ3) is 3.07. The zero-order valence-electron chi connectivity index (χ0n) is 12.9. The molecule has 0 saturated heterocycles. The van der Waals surface area contributed by atoms with Crippen molar-refractivity contribution in [1.29, 1.82) is 0 Å². The van der Waals surface area contributed by atoms with E-state index in [1.807, 2.05) is 11.6 Å². The number of rotatable bonds is 1. The predicted molar refractivity (Wildman–Crippen MR) is 96.6 cm³/mol. The van der Waals surface area contributed by atoms with Crippen LogP contribution in [0.4, 0.5) is 0 Å². The van der Waals surface area contributed by atoms with Crippen molar-refractivity contribution in [2.24, 2.45) is 12.0 Å². The van der Waals surface area contributed by atoms with Crippen LogP contribution in [0.3, 0.4) is 0 Å². The average molecular weight is 365 g/mol. The molecular weight excluding hydrogens is 351 g/mol. The monoisotopic (exact) mass is 364 g/mol. The highest BCUT2D eigenvalue weighted by atomic mass is 35.5. The number of hydrogen-bond donors (Lipinski definition) is 0. The van der Waals surface area contributed by atoms with Gasteiger partial charge in [0.25, 0.3) is 5.91 Å². The van der Waals surface area contributed by atoms with Crippen molar-refractivity contribution in [3.63, 3.8) is 0 Å². The molecule has 0 bridgehead atoms. The van der Waals surface area contributed by atoms with E-state index >= 15 is 0 Å². The predicted octanol–water partition coefficient (Wildman–Crippen LogP) is 4.90. The first-order valence-electron chi connectivity index (χ1n) is 6.97. The van der Waals surface area contributed by atoms with Gasteiger partial charge in [0.05, 0.1) is 10.2 Å². The SMILES string of the molecule is Cc1ccc2sc(=NC(=O)c3cc(Cl)cc(Cl)c3)n(C)c2c1C. The molecule has 23 heavy (non-hydrogen) atoms. The number of carbonyl (C=O) groups excluding carboxylic acids is 1.